The Kier molecular flexibility index (Phi) is 6.16. The van der Waals surface area contributed by atoms with Crippen LogP contribution in [-0.2, 0) is 6.54 Å². The normalized spacial score (nSPS) is 15.2. The van der Waals surface area contributed by atoms with E-state index in [-0.39, 0.29) is 22.9 Å². The van der Waals surface area contributed by atoms with Crippen LogP contribution in [0.3, 0.4) is 0 Å². The Bertz CT molecular complexity index is 1140. The molecule has 1 aliphatic rings. The monoisotopic (exact) mass is 425 g/mol. The van der Waals surface area contributed by atoms with E-state index in [0.29, 0.717) is 40.7 Å². The number of aryl methyl sites for hydroxylation is 1. The summed E-state index contributed by atoms with van der Waals surface area (Å²) in [7, 11) is 4.55. The fourth-order valence-corrected chi connectivity index (χ4v) is 3.87. The van der Waals surface area contributed by atoms with Crippen molar-refractivity contribution in [2.45, 2.75) is 33.2 Å². The lowest BCUT2D eigenvalue weighted by atomic mass is 9.83. The molecule has 2 aromatic rings. The molecule has 0 saturated carbocycles. The molecular formula is C23H27N3O5. The fourth-order valence-electron chi connectivity index (χ4n) is 3.87. The highest BCUT2D eigenvalue weighted by Crippen LogP contribution is 2.46. The van der Waals surface area contributed by atoms with E-state index in [1.165, 1.54) is 21.3 Å². The first-order valence-corrected chi connectivity index (χ1v) is 9.89. The molecule has 8 nitrogen and oxygen atoms in total. The minimum Gasteiger partial charge on any atom is -0.496 e. The molecule has 1 aromatic carbocycles. The van der Waals surface area contributed by atoms with Gasteiger partial charge in [-0.2, -0.15) is 5.26 Å². The van der Waals surface area contributed by atoms with Crippen molar-refractivity contribution >= 4 is 0 Å². The third-order valence-corrected chi connectivity index (χ3v) is 5.28. The summed E-state index contributed by atoms with van der Waals surface area (Å²) in [6.45, 7) is 6.46. The summed E-state index contributed by atoms with van der Waals surface area (Å²) >= 11 is 0. The van der Waals surface area contributed by atoms with Crippen molar-refractivity contribution in [3.63, 3.8) is 0 Å². The van der Waals surface area contributed by atoms with Gasteiger partial charge in [0.05, 0.1) is 32.8 Å². The highest BCUT2D eigenvalue weighted by molar-refractivity contribution is 5.61. The molecule has 1 atom stereocenters. The molecule has 164 valence electrons. The topological polar surface area (TPSA) is 109 Å². The molecule has 0 bridgehead atoms. The second-order valence-corrected chi connectivity index (χ2v) is 7.75. The van der Waals surface area contributed by atoms with E-state index >= 15 is 0 Å². The molecule has 0 fully saturated rings. The van der Waals surface area contributed by atoms with Gasteiger partial charge in [-0.1, -0.05) is 13.8 Å². The molecule has 8 heteroatoms. The summed E-state index contributed by atoms with van der Waals surface area (Å²) in [6, 6.07) is 7.26. The number of rotatable bonds is 6. The van der Waals surface area contributed by atoms with Gasteiger partial charge in [0.1, 0.15) is 23.1 Å². The first kappa shape index (κ1) is 22.1. The maximum Gasteiger partial charge on any atom is 0.258 e. The standard InChI is InChI=1S/C23H27N3O5/c1-12(2)11-26-13(3)7-19-21(23(26)27)20(15(10-24)22(25)31-19)14-8-17(29-5)18(30-6)9-16(14)28-4/h7-9,12,20H,11,25H2,1-6H3. The average molecular weight is 425 g/mol. The molecule has 0 aliphatic carbocycles. The average Bonchev–Trinajstić information content (AvgIpc) is 2.74. The second kappa shape index (κ2) is 8.64. The van der Waals surface area contributed by atoms with E-state index in [1.807, 2.05) is 20.8 Å². The van der Waals surface area contributed by atoms with Crippen molar-refractivity contribution in [1.29, 1.82) is 5.26 Å². The molecule has 1 aromatic heterocycles. The van der Waals surface area contributed by atoms with Gasteiger partial charge in [-0.3, -0.25) is 4.79 Å². The molecule has 2 heterocycles. The summed E-state index contributed by atoms with van der Waals surface area (Å²) in [5, 5.41) is 9.90. The Morgan fingerprint density at radius 3 is 2.29 bits per heavy atom. The van der Waals surface area contributed by atoms with Crippen molar-refractivity contribution in [1.82, 2.24) is 4.57 Å². The first-order chi connectivity index (χ1) is 14.8. The zero-order valence-corrected chi connectivity index (χ0v) is 18.6. The number of pyridine rings is 1. The summed E-state index contributed by atoms with van der Waals surface area (Å²) in [5.74, 6) is 1.10. The van der Waals surface area contributed by atoms with Gasteiger partial charge in [-0.15, -0.1) is 0 Å². The van der Waals surface area contributed by atoms with E-state index < -0.39 is 5.92 Å². The zero-order valence-electron chi connectivity index (χ0n) is 18.6. The van der Waals surface area contributed by atoms with E-state index in [0.717, 1.165) is 5.69 Å². The van der Waals surface area contributed by atoms with Gasteiger partial charge in [-0.25, -0.2) is 0 Å². The number of ether oxygens (including phenoxy) is 4. The summed E-state index contributed by atoms with van der Waals surface area (Å²) in [6.07, 6.45) is 0. The second-order valence-electron chi connectivity index (χ2n) is 7.75. The molecule has 0 saturated heterocycles. The molecular weight excluding hydrogens is 398 g/mol. The molecule has 0 amide bonds. The molecule has 31 heavy (non-hydrogen) atoms. The van der Waals surface area contributed by atoms with Crippen LogP contribution in [0.1, 0.15) is 36.6 Å². The predicted octanol–water partition coefficient (Wildman–Crippen LogP) is 3.06. The number of hydrogen-bond donors (Lipinski definition) is 1. The molecule has 1 unspecified atom stereocenters. The number of allylic oxidation sites excluding steroid dienone is 1. The lowest BCUT2D eigenvalue weighted by Gasteiger charge is -2.29. The summed E-state index contributed by atoms with van der Waals surface area (Å²) in [4.78, 5) is 13.6. The van der Waals surface area contributed by atoms with Gasteiger partial charge >= 0.3 is 0 Å². The SMILES string of the molecule is COc1cc(OC)c(C2C(C#N)=C(N)Oc3cc(C)n(CC(C)C)c(=O)c32)cc1OC. The smallest absolute Gasteiger partial charge is 0.258 e. The van der Waals surface area contributed by atoms with Crippen LogP contribution in [-0.4, -0.2) is 25.9 Å². The Morgan fingerprint density at radius 2 is 1.74 bits per heavy atom. The van der Waals surface area contributed by atoms with Crippen LogP contribution in [0.15, 0.2) is 34.4 Å². The van der Waals surface area contributed by atoms with Crippen LogP contribution in [0.25, 0.3) is 0 Å². The molecule has 1 aliphatic heterocycles. The Labute approximate surface area is 181 Å². The molecule has 0 radical (unpaired) electrons. The van der Waals surface area contributed by atoms with Gasteiger partial charge < -0.3 is 29.2 Å². The lowest BCUT2D eigenvalue weighted by molar-refractivity contribution is 0.346. The number of nitrogens with zero attached hydrogens (tertiary/aromatic N) is 2. The molecule has 0 spiro atoms. The maximum atomic E-state index is 13.6. The predicted molar refractivity (Wildman–Crippen MR) is 116 cm³/mol. The summed E-state index contributed by atoms with van der Waals surface area (Å²) in [5.41, 5.74) is 7.65. The highest BCUT2D eigenvalue weighted by atomic mass is 16.5. The van der Waals surface area contributed by atoms with Gasteiger partial charge in [-0.05, 0) is 18.9 Å². The third kappa shape index (κ3) is 3.79. The largest absolute Gasteiger partial charge is 0.496 e. The summed E-state index contributed by atoms with van der Waals surface area (Å²) < 4.78 is 23.8. The lowest BCUT2D eigenvalue weighted by Crippen LogP contribution is -2.33. The van der Waals surface area contributed by atoms with E-state index in [4.69, 9.17) is 24.7 Å². The van der Waals surface area contributed by atoms with E-state index in [2.05, 4.69) is 6.07 Å². The Hall–Kier alpha value is -3.60. The van der Waals surface area contributed by atoms with Crippen molar-refractivity contribution in [3.05, 3.63) is 56.8 Å². The number of nitriles is 1. The van der Waals surface area contributed by atoms with Gasteiger partial charge in [0.25, 0.3) is 5.56 Å². The van der Waals surface area contributed by atoms with Gasteiger partial charge in [0, 0.05) is 29.9 Å². The maximum absolute atomic E-state index is 13.6. The van der Waals surface area contributed by atoms with Crippen molar-refractivity contribution in [2.24, 2.45) is 11.7 Å². The van der Waals surface area contributed by atoms with E-state index in [9.17, 15) is 10.1 Å². The highest BCUT2D eigenvalue weighted by Gasteiger charge is 2.36. The van der Waals surface area contributed by atoms with Gasteiger partial charge in [0.2, 0.25) is 5.88 Å². The number of fused-ring (bicyclic) bond motifs is 1. The Morgan fingerprint density at radius 1 is 1.13 bits per heavy atom. The fraction of sp³-hybridized carbons (Fsp3) is 0.391. The zero-order chi connectivity index (χ0) is 22.9. The van der Waals surface area contributed by atoms with Crippen LogP contribution in [0.5, 0.6) is 23.0 Å². The molecule has 3 rings (SSSR count). The van der Waals surface area contributed by atoms with Crippen molar-refractivity contribution in [2.75, 3.05) is 21.3 Å². The number of benzene rings is 1. The van der Waals surface area contributed by atoms with Crippen LogP contribution in [0, 0.1) is 24.2 Å². The van der Waals surface area contributed by atoms with Crippen molar-refractivity contribution in [3.8, 4) is 29.1 Å². The minimum atomic E-state index is -0.782. The first-order valence-electron chi connectivity index (χ1n) is 9.89. The Balaban J connectivity index is 2.38. The third-order valence-electron chi connectivity index (χ3n) is 5.28. The number of hydrogen-bond acceptors (Lipinski definition) is 7. The van der Waals surface area contributed by atoms with Crippen LogP contribution in [0.2, 0.25) is 0 Å². The van der Waals surface area contributed by atoms with Crippen LogP contribution >= 0.6 is 0 Å². The van der Waals surface area contributed by atoms with Crippen LogP contribution in [0.4, 0.5) is 0 Å². The number of methoxy groups -OCH3 is 3. The van der Waals surface area contributed by atoms with Gasteiger partial charge in [0.15, 0.2) is 11.5 Å². The number of aromatic nitrogens is 1. The quantitative estimate of drug-likeness (QED) is 0.757. The van der Waals surface area contributed by atoms with Crippen LogP contribution < -0.4 is 30.2 Å². The molecule has 2 N–H and O–H groups in total. The minimum absolute atomic E-state index is 0.0442. The number of nitrogens with two attached hydrogens (primary N) is 1. The van der Waals surface area contributed by atoms with Crippen molar-refractivity contribution < 1.29 is 18.9 Å². The van der Waals surface area contributed by atoms with E-state index in [1.54, 1.807) is 22.8 Å².